The summed E-state index contributed by atoms with van der Waals surface area (Å²) in [5, 5.41) is 5.14. The van der Waals surface area contributed by atoms with Crippen molar-refractivity contribution in [2.75, 3.05) is 0 Å². The minimum atomic E-state index is -0.442. The quantitative estimate of drug-likeness (QED) is 0.798. The Morgan fingerprint density at radius 3 is 2.32 bits per heavy atom. The van der Waals surface area contributed by atoms with Gasteiger partial charge in [-0.05, 0) is 64.4 Å². The molecular weight excluding hydrogens is 298 g/mol. The predicted octanol–water partition coefficient (Wildman–Crippen LogP) is 3.13. The highest BCUT2D eigenvalue weighted by Crippen LogP contribution is 2.36. The van der Waals surface area contributed by atoms with E-state index in [9.17, 15) is 0 Å². The normalized spacial score (nSPS) is 19.6. The van der Waals surface area contributed by atoms with Crippen molar-refractivity contribution in [1.29, 1.82) is 0 Å². The molecule has 3 rings (SSSR count). The molecule has 1 aromatic heterocycles. The minimum Gasteiger partial charge on any atom is -0.398 e. The second-order valence-corrected chi connectivity index (χ2v) is 7.12. The third kappa shape index (κ3) is 2.47. The molecule has 1 aromatic carbocycles. The Hall–Kier alpha value is -1.30. The average molecular weight is 319 g/mol. The molecule has 116 valence electrons. The van der Waals surface area contributed by atoms with Gasteiger partial charge in [-0.25, -0.2) is 4.68 Å². The first-order chi connectivity index (χ1) is 10.2. The summed E-state index contributed by atoms with van der Waals surface area (Å²) < 4.78 is 14.1. The van der Waals surface area contributed by atoms with Gasteiger partial charge in [-0.1, -0.05) is 11.6 Å². The zero-order valence-electron chi connectivity index (χ0n) is 13.6. The summed E-state index contributed by atoms with van der Waals surface area (Å²) in [7, 11) is -0.442. The van der Waals surface area contributed by atoms with E-state index in [-0.39, 0.29) is 11.2 Å². The van der Waals surface area contributed by atoms with Crippen LogP contribution in [0.5, 0.6) is 0 Å². The summed E-state index contributed by atoms with van der Waals surface area (Å²) >= 11 is 6.04. The van der Waals surface area contributed by atoms with E-state index in [4.69, 9.17) is 20.9 Å². The lowest BCUT2D eigenvalue weighted by molar-refractivity contribution is 0.00578. The van der Waals surface area contributed by atoms with E-state index >= 15 is 0 Å². The van der Waals surface area contributed by atoms with Crippen LogP contribution in [-0.4, -0.2) is 28.1 Å². The smallest absolute Gasteiger partial charge is 0.398 e. The number of rotatable bonds is 2. The van der Waals surface area contributed by atoms with Crippen LogP contribution in [0.4, 0.5) is 0 Å². The summed E-state index contributed by atoms with van der Waals surface area (Å²) in [6, 6.07) is 7.67. The molecule has 0 radical (unpaired) electrons. The number of halogens is 1. The van der Waals surface area contributed by atoms with Crippen molar-refractivity contribution < 1.29 is 9.31 Å². The molecule has 0 N–H and O–H groups in total. The summed E-state index contributed by atoms with van der Waals surface area (Å²) in [4.78, 5) is 0. The van der Waals surface area contributed by atoms with Gasteiger partial charge >= 0.3 is 7.12 Å². The first-order valence-corrected chi connectivity index (χ1v) is 7.75. The molecule has 1 fully saturated rings. The van der Waals surface area contributed by atoms with E-state index < -0.39 is 7.12 Å². The van der Waals surface area contributed by atoms with Gasteiger partial charge in [-0.3, -0.25) is 0 Å². The van der Waals surface area contributed by atoms with Crippen molar-refractivity contribution in [1.82, 2.24) is 9.78 Å². The molecular formula is C16H20BClN2O2. The van der Waals surface area contributed by atoms with Crippen LogP contribution in [0, 0.1) is 6.92 Å². The van der Waals surface area contributed by atoms with Crippen LogP contribution in [0.15, 0.2) is 30.5 Å². The summed E-state index contributed by atoms with van der Waals surface area (Å²) in [6.07, 6.45) is 1.76. The van der Waals surface area contributed by atoms with Gasteiger partial charge in [0.1, 0.15) is 0 Å². The topological polar surface area (TPSA) is 36.3 Å². The molecule has 2 heterocycles. The number of hydrogen-bond acceptors (Lipinski definition) is 3. The number of aryl methyl sites for hydroxylation is 1. The third-order valence-electron chi connectivity index (χ3n) is 4.55. The van der Waals surface area contributed by atoms with Gasteiger partial charge in [0.15, 0.2) is 0 Å². The van der Waals surface area contributed by atoms with E-state index in [1.165, 1.54) is 0 Å². The first-order valence-electron chi connectivity index (χ1n) is 7.37. The Morgan fingerprint density at radius 2 is 1.73 bits per heavy atom. The van der Waals surface area contributed by atoms with Crippen molar-refractivity contribution in [2.45, 2.75) is 45.8 Å². The molecule has 0 aliphatic carbocycles. The summed E-state index contributed by atoms with van der Waals surface area (Å²) in [6.45, 7) is 10.2. The zero-order chi connectivity index (χ0) is 16.1. The molecule has 4 nitrogen and oxygen atoms in total. The van der Waals surface area contributed by atoms with E-state index in [1.807, 2.05) is 63.6 Å². The monoisotopic (exact) mass is 318 g/mol. The lowest BCUT2D eigenvalue weighted by Crippen LogP contribution is -2.41. The average Bonchev–Trinajstić information content (AvgIpc) is 2.93. The van der Waals surface area contributed by atoms with Crippen molar-refractivity contribution in [3.63, 3.8) is 0 Å². The van der Waals surface area contributed by atoms with Gasteiger partial charge in [0.25, 0.3) is 0 Å². The van der Waals surface area contributed by atoms with Crippen LogP contribution >= 0.6 is 11.6 Å². The Kier molecular flexibility index (Phi) is 3.63. The van der Waals surface area contributed by atoms with Crippen molar-refractivity contribution in [2.24, 2.45) is 0 Å². The Balaban J connectivity index is 2.00. The van der Waals surface area contributed by atoms with Crippen molar-refractivity contribution >= 4 is 24.3 Å². The van der Waals surface area contributed by atoms with Crippen molar-refractivity contribution in [3.05, 3.63) is 41.0 Å². The minimum absolute atomic E-state index is 0.373. The van der Waals surface area contributed by atoms with E-state index in [1.54, 1.807) is 6.20 Å². The maximum atomic E-state index is 6.13. The number of hydrogen-bond donors (Lipinski definition) is 0. The third-order valence-corrected chi connectivity index (χ3v) is 4.79. The van der Waals surface area contributed by atoms with Gasteiger partial charge < -0.3 is 9.31 Å². The Bertz CT molecular complexity index is 696. The zero-order valence-corrected chi connectivity index (χ0v) is 14.3. The fraction of sp³-hybridized carbons (Fsp3) is 0.438. The SMILES string of the molecule is Cc1cc(Cl)ccc1-n1nccc1B1OC(C)(C)C(C)(C)O1. The van der Waals surface area contributed by atoms with Crippen LogP contribution in [0.25, 0.3) is 5.69 Å². The maximum Gasteiger partial charge on any atom is 0.514 e. The van der Waals surface area contributed by atoms with Crippen LogP contribution in [-0.2, 0) is 9.31 Å². The molecule has 22 heavy (non-hydrogen) atoms. The highest BCUT2D eigenvalue weighted by molar-refractivity contribution is 6.61. The fourth-order valence-electron chi connectivity index (χ4n) is 2.51. The predicted molar refractivity (Wildman–Crippen MR) is 89.0 cm³/mol. The summed E-state index contributed by atoms with van der Waals surface area (Å²) in [5.74, 6) is 0. The molecule has 1 saturated heterocycles. The molecule has 1 aliphatic heterocycles. The lowest BCUT2D eigenvalue weighted by Gasteiger charge is -2.32. The molecule has 0 amide bonds. The van der Waals surface area contributed by atoms with Crippen molar-refractivity contribution in [3.8, 4) is 5.69 Å². The van der Waals surface area contributed by atoms with E-state index in [2.05, 4.69) is 5.10 Å². The highest BCUT2D eigenvalue weighted by atomic mass is 35.5. The maximum absolute atomic E-state index is 6.13. The molecule has 0 saturated carbocycles. The largest absolute Gasteiger partial charge is 0.514 e. The molecule has 0 bridgehead atoms. The van der Waals surface area contributed by atoms with Gasteiger partial charge in [-0.2, -0.15) is 5.10 Å². The van der Waals surface area contributed by atoms with E-state index in [0.717, 1.165) is 16.8 Å². The molecule has 6 heteroatoms. The van der Waals surface area contributed by atoms with Gasteiger partial charge in [-0.15, -0.1) is 0 Å². The standard InChI is InChI=1S/C16H20BClN2O2/c1-11-10-12(18)6-7-13(11)20-14(8-9-19-20)17-21-15(2,3)16(4,5)22-17/h6-10H,1-5H3. The van der Waals surface area contributed by atoms with Crippen LogP contribution in [0.3, 0.4) is 0 Å². The number of benzene rings is 1. The van der Waals surface area contributed by atoms with E-state index in [0.29, 0.717) is 5.02 Å². The molecule has 2 aromatic rings. The number of nitrogens with zero attached hydrogens (tertiary/aromatic N) is 2. The highest BCUT2D eigenvalue weighted by Gasteiger charge is 2.52. The molecule has 1 aliphatic rings. The second kappa shape index (κ2) is 5.12. The fourth-order valence-corrected chi connectivity index (χ4v) is 2.74. The second-order valence-electron chi connectivity index (χ2n) is 6.69. The van der Waals surface area contributed by atoms with Crippen LogP contribution in [0.2, 0.25) is 5.02 Å². The Morgan fingerprint density at radius 1 is 1.09 bits per heavy atom. The first kappa shape index (κ1) is 15.6. The van der Waals surface area contributed by atoms with Crippen LogP contribution in [0.1, 0.15) is 33.3 Å². The number of aromatic nitrogens is 2. The van der Waals surface area contributed by atoms with Gasteiger partial charge in [0.2, 0.25) is 0 Å². The molecule has 0 spiro atoms. The lowest BCUT2D eigenvalue weighted by atomic mass is 9.84. The summed E-state index contributed by atoms with van der Waals surface area (Å²) in [5.41, 5.74) is 2.15. The molecule has 0 unspecified atom stereocenters. The molecule has 0 atom stereocenters. The van der Waals surface area contributed by atoms with Crippen LogP contribution < -0.4 is 5.59 Å². The van der Waals surface area contributed by atoms with Gasteiger partial charge in [0.05, 0.1) is 22.5 Å². The Labute approximate surface area is 136 Å². The van der Waals surface area contributed by atoms with Gasteiger partial charge in [0, 0.05) is 11.2 Å².